The Labute approximate surface area is 264 Å². The van der Waals surface area contributed by atoms with Gasteiger partial charge in [-0.3, -0.25) is 0 Å². The Balaban J connectivity index is 1.36. The average molecular weight is 638 g/mol. The molecule has 1 aliphatic heterocycles. The van der Waals surface area contributed by atoms with Gasteiger partial charge in [0.2, 0.25) is 5.95 Å². The lowest BCUT2D eigenvalue weighted by atomic mass is 9.87. The normalized spacial score (nSPS) is 14.9. The lowest BCUT2D eigenvalue weighted by molar-refractivity contribution is -0.160. The predicted molar refractivity (Wildman–Crippen MR) is 165 cm³/mol. The first-order chi connectivity index (χ1) is 22.0. The molecule has 14 heteroatoms. The maximum absolute atomic E-state index is 15.1. The molecule has 1 atom stereocenters. The number of imidazole rings is 1. The third kappa shape index (κ3) is 7.45. The second-order valence-electron chi connectivity index (χ2n) is 11.5. The van der Waals surface area contributed by atoms with Gasteiger partial charge in [0, 0.05) is 29.3 Å². The quantitative estimate of drug-likeness (QED) is 0.197. The molecule has 0 unspecified atom stereocenters. The Bertz CT molecular complexity index is 1710. The van der Waals surface area contributed by atoms with E-state index in [0.29, 0.717) is 22.7 Å². The summed E-state index contributed by atoms with van der Waals surface area (Å²) in [6.07, 6.45) is 3.59. The van der Waals surface area contributed by atoms with Gasteiger partial charge in [-0.15, -0.1) is 0 Å². The van der Waals surface area contributed by atoms with Crippen LogP contribution in [0, 0.1) is 24.5 Å². The van der Waals surface area contributed by atoms with Gasteiger partial charge in [0.05, 0.1) is 11.7 Å². The molecule has 1 aliphatic rings. The van der Waals surface area contributed by atoms with Gasteiger partial charge < -0.3 is 29.4 Å². The van der Waals surface area contributed by atoms with Gasteiger partial charge in [0.15, 0.2) is 11.6 Å². The summed E-state index contributed by atoms with van der Waals surface area (Å²) in [5.41, 5.74) is 1.56. The van der Waals surface area contributed by atoms with Crippen LogP contribution >= 0.6 is 0 Å². The number of carbonyl (C=O) groups excluding carboxylic acids is 1. The van der Waals surface area contributed by atoms with Crippen molar-refractivity contribution < 1.29 is 33.0 Å². The Morgan fingerprint density at radius 3 is 2.48 bits per heavy atom. The van der Waals surface area contributed by atoms with Crippen molar-refractivity contribution in [1.29, 1.82) is 0 Å². The molecule has 5 rings (SSSR count). The van der Waals surface area contributed by atoms with E-state index in [2.05, 4.69) is 37.1 Å². The number of carboxylic acids is 1. The highest BCUT2D eigenvalue weighted by Gasteiger charge is 2.31. The number of pyridine rings is 1. The van der Waals surface area contributed by atoms with Crippen LogP contribution < -0.4 is 5.32 Å². The van der Waals surface area contributed by atoms with Crippen molar-refractivity contribution >= 4 is 34.7 Å². The number of carboxylic acid groups (broad SMARTS) is 1. The standard InChI is InChI=1S/C32H37F2N7O5/c1-5-40-10-8-20(9-11-40)31(46-28(44)17-45-16-27(42)43)21-6-7-26(35-14-21)38-32-36-15-24(34)29(39-32)22-12-23(33)30-25(13-22)41(18(2)3)19(4)37-30/h6-7,12-15,18,20,31H,5,8-11,16-17H2,1-4H3,(H,42,43)(H,35,36,38,39)/t31-/m1/s1. The number of nitrogens with zero attached hydrogens (tertiary/aromatic N) is 6. The van der Waals surface area contributed by atoms with Crippen LogP contribution in [0.25, 0.3) is 22.3 Å². The molecule has 1 fully saturated rings. The summed E-state index contributed by atoms with van der Waals surface area (Å²) < 4.78 is 42.7. The van der Waals surface area contributed by atoms with Gasteiger partial charge in [-0.05, 0) is 71.4 Å². The number of aliphatic carboxylic acids is 1. The maximum atomic E-state index is 15.1. The molecule has 1 saturated heterocycles. The van der Waals surface area contributed by atoms with Crippen LogP contribution in [0.1, 0.15) is 57.1 Å². The Hall–Kier alpha value is -4.56. The highest BCUT2D eigenvalue weighted by atomic mass is 19.1. The molecular weight excluding hydrogens is 600 g/mol. The summed E-state index contributed by atoms with van der Waals surface area (Å²) in [4.78, 5) is 42.8. The number of hydrogen-bond donors (Lipinski definition) is 2. The number of carbonyl (C=O) groups is 2. The molecule has 4 heterocycles. The van der Waals surface area contributed by atoms with E-state index in [0.717, 1.165) is 38.7 Å². The number of aromatic nitrogens is 5. The lowest BCUT2D eigenvalue weighted by Crippen LogP contribution is -2.36. The van der Waals surface area contributed by atoms with E-state index in [4.69, 9.17) is 14.6 Å². The molecule has 46 heavy (non-hydrogen) atoms. The van der Waals surface area contributed by atoms with Gasteiger partial charge in [-0.1, -0.05) is 13.0 Å². The smallest absolute Gasteiger partial charge is 0.332 e. The topological polar surface area (TPSA) is 145 Å². The zero-order chi connectivity index (χ0) is 33.0. The number of nitrogens with one attached hydrogen (secondary N) is 1. The van der Waals surface area contributed by atoms with E-state index >= 15 is 4.39 Å². The number of likely N-dealkylation sites (tertiary alicyclic amines) is 1. The van der Waals surface area contributed by atoms with E-state index in [1.165, 1.54) is 6.07 Å². The summed E-state index contributed by atoms with van der Waals surface area (Å²) in [6, 6.07) is 6.32. The first-order valence-corrected chi connectivity index (χ1v) is 15.2. The third-order valence-electron chi connectivity index (χ3n) is 8.03. The predicted octanol–water partition coefficient (Wildman–Crippen LogP) is 5.22. The molecule has 0 spiro atoms. The van der Waals surface area contributed by atoms with Crippen molar-refractivity contribution in [2.45, 2.75) is 52.7 Å². The summed E-state index contributed by atoms with van der Waals surface area (Å²) >= 11 is 0. The minimum absolute atomic E-state index is 0.0127. The number of rotatable bonds is 12. The molecule has 1 aromatic carbocycles. The fourth-order valence-corrected chi connectivity index (χ4v) is 5.85. The number of halogens is 2. The number of anilines is 2. The van der Waals surface area contributed by atoms with Crippen LogP contribution in [0.3, 0.4) is 0 Å². The van der Waals surface area contributed by atoms with Gasteiger partial charge in [0.1, 0.15) is 42.2 Å². The fourth-order valence-electron chi connectivity index (χ4n) is 5.85. The van der Waals surface area contributed by atoms with Crippen molar-refractivity contribution in [3.8, 4) is 11.3 Å². The highest BCUT2D eigenvalue weighted by molar-refractivity contribution is 5.83. The minimum Gasteiger partial charge on any atom is -0.480 e. The highest BCUT2D eigenvalue weighted by Crippen LogP contribution is 2.35. The summed E-state index contributed by atoms with van der Waals surface area (Å²) in [5.74, 6) is -2.06. The first kappa shape index (κ1) is 32.8. The van der Waals surface area contributed by atoms with Gasteiger partial charge in [-0.25, -0.2) is 38.3 Å². The molecule has 0 bridgehead atoms. The fraction of sp³-hybridized carbons (Fsp3) is 0.438. The molecule has 4 aromatic rings. The number of esters is 1. The van der Waals surface area contributed by atoms with Crippen molar-refractivity contribution in [2.75, 3.05) is 38.2 Å². The van der Waals surface area contributed by atoms with E-state index in [9.17, 15) is 14.0 Å². The van der Waals surface area contributed by atoms with E-state index in [1.54, 1.807) is 31.3 Å². The molecule has 0 saturated carbocycles. The number of piperidine rings is 1. The first-order valence-electron chi connectivity index (χ1n) is 15.2. The van der Waals surface area contributed by atoms with Crippen molar-refractivity contribution in [3.05, 3.63) is 59.7 Å². The number of benzene rings is 1. The molecular formula is C32H37F2N7O5. The summed E-state index contributed by atoms with van der Waals surface area (Å²) in [5, 5.41) is 11.8. The molecule has 244 valence electrons. The third-order valence-corrected chi connectivity index (χ3v) is 8.03. The second kappa shape index (κ2) is 14.3. The van der Waals surface area contributed by atoms with Gasteiger partial charge in [0.25, 0.3) is 0 Å². The van der Waals surface area contributed by atoms with Crippen LogP contribution in [-0.4, -0.2) is 79.3 Å². The molecule has 2 N–H and O–H groups in total. The van der Waals surface area contributed by atoms with Crippen LogP contribution in [-0.2, 0) is 19.1 Å². The van der Waals surface area contributed by atoms with Crippen LogP contribution in [0.5, 0.6) is 0 Å². The van der Waals surface area contributed by atoms with E-state index in [-0.39, 0.29) is 34.7 Å². The average Bonchev–Trinajstić information content (AvgIpc) is 3.37. The minimum atomic E-state index is -1.18. The largest absolute Gasteiger partial charge is 0.480 e. The molecule has 12 nitrogen and oxygen atoms in total. The van der Waals surface area contributed by atoms with Gasteiger partial charge >= 0.3 is 11.9 Å². The molecule has 0 amide bonds. The van der Waals surface area contributed by atoms with E-state index in [1.807, 2.05) is 18.4 Å². The van der Waals surface area contributed by atoms with Gasteiger partial charge in [-0.2, -0.15) is 0 Å². The SMILES string of the molecule is CCN1CCC([C@@H](OC(=O)COCC(=O)O)c2ccc(Nc3ncc(F)c(-c4cc(F)c5nc(C)n(C(C)C)c5c4)n3)nc2)CC1. The Morgan fingerprint density at radius 2 is 1.83 bits per heavy atom. The zero-order valence-corrected chi connectivity index (χ0v) is 26.2. The Kier molecular flexibility index (Phi) is 10.2. The van der Waals surface area contributed by atoms with Crippen LogP contribution in [0.15, 0.2) is 36.7 Å². The molecule has 0 radical (unpaired) electrons. The zero-order valence-electron chi connectivity index (χ0n) is 26.2. The van der Waals surface area contributed by atoms with E-state index < -0.39 is 42.9 Å². The number of aryl methyl sites for hydroxylation is 1. The second-order valence-corrected chi connectivity index (χ2v) is 11.5. The monoisotopic (exact) mass is 637 g/mol. The van der Waals surface area contributed by atoms with Crippen molar-refractivity contribution in [1.82, 2.24) is 29.4 Å². The Morgan fingerprint density at radius 1 is 1.07 bits per heavy atom. The number of fused-ring (bicyclic) bond motifs is 1. The van der Waals surface area contributed by atoms with Crippen molar-refractivity contribution in [3.63, 3.8) is 0 Å². The van der Waals surface area contributed by atoms with Crippen LogP contribution in [0.4, 0.5) is 20.5 Å². The molecule has 0 aliphatic carbocycles. The summed E-state index contributed by atoms with van der Waals surface area (Å²) in [6.45, 7) is 9.38. The maximum Gasteiger partial charge on any atom is 0.332 e. The lowest BCUT2D eigenvalue weighted by Gasteiger charge is -2.35. The molecule has 3 aromatic heterocycles. The number of hydrogen-bond acceptors (Lipinski definition) is 10. The van der Waals surface area contributed by atoms with Crippen LogP contribution in [0.2, 0.25) is 0 Å². The van der Waals surface area contributed by atoms with Crippen molar-refractivity contribution in [2.24, 2.45) is 5.92 Å². The number of ether oxygens (including phenoxy) is 2. The summed E-state index contributed by atoms with van der Waals surface area (Å²) in [7, 11) is 0.